The summed E-state index contributed by atoms with van der Waals surface area (Å²) in [6, 6.07) is 14.1. The minimum atomic E-state index is 0.283. The van der Waals surface area contributed by atoms with Crippen LogP contribution in [-0.2, 0) is 0 Å². The van der Waals surface area contributed by atoms with Crippen LogP contribution < -0.4 is 10.1 Å². The van der Waals surface area contributed by atoms with Gasteiger partial charge in [-0.15, -0.1) is 0 Å². The number of benzene rings is 2. The molecule has 0 amide bonds. The second kappa shape index (κ2) is 6.17. The third-order valence-electron chi connectivity index (χ3n) is 3.75. The SMILES string of the molecule is COc1ccc(C(Nc2cc(Cl)cc(Cl)c2)C2CC2)cc1. The van der Waals surface area contributed by atoms with Crippen molar-refractivity contribution in [3.8, 4) is 5.75 Å². The smallest absolute Gasteiger partial charge is 0.118 e. The summed E-state index contributed by atoms with van der Waals surface area (Å²) >= 11 is 12.1. The fourth-order valence-electron chi connectivity index (χ4n) is 2.53. The van der Waals surface area contributed by atoms with E-state index in [-0.39, 0.29) is 6.04 Å². The molecule has 0 saturated heterocycles. The van der Waals surface area contributed by atoms with Gasteiger partial charge in [-0.3, -0.25) is 0 Å². The largest absolute Gasteiger partial charge is 0.497 e. The fourth-order valence-corrected chi connectivity index (χ4v) is 3.06. The summed E-state index contributed by atoms with van der Waals surface area (Å²) in [7, 11) is 1.68. The van der Waals surface area contributed by atoms with Gasteiger partial charge in [0.05, 0.1) is 13.2 Å². The highest BCUT2D eigenvalue weighted by atomic mass is 35.5. The van der Waals surface area contributed by atoms with Crippen LogP contribution >= 0.6 is 23.2 Å². The molecule has 1 fully saturated rings. The van der Waals surface area contributed by atoms with Crippen LogP contribution in [0.15, 0.2) is 42.5 Å². The van der Waals surface area contributed by atoms with Crippen LogP contribution in [0.4, 0.5) is 5.69 Å². The fraction of sp³-hybridized carbons (Fsp3) is 0.294. The number of ether oxygens (including phenoxy) is 1. The zero-order valence-corrected chi connectivity index (χ0v) is 13.3. The first-order valence-corrected chi connectivity index (χ1v) is 7.78. The molecular formula is C17H17Cl2NO. The highest BCUT2D eigenvalue weighted by Gasteiger charge is 2.32. The molecule has 0 spiro atoms. The molecule has 110 valence electrons. The summed E-state index contributed by atoms with van der Waals surface area (Å²) in [6.45, 7) is 0. The first-order chi connectivity index (χ1) is 10.2. The van der Waals surface area contributed by atoms with E-state index in [9.17, 15) is 0 Å². The maximum atomic E-state index is 6.07. The van der Waals surface area contributed by atoms with Crippen LogP contribution in [0.3, 0.4) is 0 Å². The van der Waals surface area contributed by atoms with Crippen LogP contribution in [0.2, 0.25) is 10.0 Å². The highest BCUT2D eigenvalue weighted by Crippen LogP contribution is 2.43. The standard InChI is InChI=1S/C17H17Cl2NO/c1-21-16-6-4-12(5-7-16)17(11-2-3-11)20-15-9-13(18)8-14(19)10-15/h4-11,17,20H,2-3H2,1H3. The molecule has 2 aromatic carbocycles. The van der Waals surface area contributed by atoms with Crippen LogP contribution in [0.25, 0.3) is 0 Å². The van der Waals surface area contributed by atoms with E-state index in [1.54, 1.807) is 13.2 Å². The van der Waals surface area contributed by atoms with Gasteiger partial charge in [-0.1, -0.05) is 35.3 Å². The van der Waals surface area contributed by atoms with E-state index in [1.807, 2.05) is 24.3 Å². The van der Waals surface area contributed by atoms with Gasteiger partial charge >= 0.3 is 0 Å². The molecule has 4 heteroatoms. The summed E-state index contributed by atoms with van der Waals surface area (Å²) in [4.78, 5) is 0. The van der Waals surface area contributed by atoms with Crippen LogP contribution in [0, 0.1) is 5.92 Å². The Morgan fingerprint density at radius 3 is 2.19 bits per heavy atom. The van der Waals surface area contributed by atoms with Crippen molar-refractivity contribution in [1.29, 1.82) is 0 Å². The zero-order chi connectivity index (χ0) is 14.8. The first kappa shape index (κ1) is 14.6. The summed E-state index contributed by atoms with van der Waals surface area (Å²) in [5.41, 5.74) is 2.22. The molecule has 1 unspecified atom stereocenters. The van der Waals surface area contributed by atoms with Crippen molar-refractivity contribution in [2.45, 2.75) is 18.9 Å². The molecule has 2 aromatic rings. The van der Waals surface area contributed by atoms with Crippen molar-refractivity contribution in [2.75, 3.05) is 12.4 Å². The lowest BCUT2D eigenvalue weighted by molar-refractivity contribution is 0.414. The molecule has 0 radical (unpaired) electrons. The molecule has 1 N–H and O–H groups in total. The van der Waals surface area contributed by atoms with Crippen molar-refractivity contribution < 1.29 is 4.74 Å². The molecule has 1 aliphatic rings. The monoisotopic (exact) mass is 321 g/mol. The molecular weight excluding hydrogens is 305 g/mol. The average molecular weight is 322 g/mol. The van der Waals surface area contributed by atoms with Gasteiger partial charge in [-0.05, 0) is 54.7 Å². The third-order valence-corrected chi connectivity index (χ3v) is 4.19. The van der Waals surface area contributed by atoms with Gasteiger partial charge in [0.2, 0.25) is 0 Å². The number of nitrogens with one attached hydrogen (secondary N) is 1. The van der Waals surface area contributed by atoms with Crippen LogP contribution in [-0.4, -0.2) is 7.11 Å². The van der Waals surface area contributed by atoms with Crippen molar-refractivity contribution in [2.24, 2.45) is 5.92 Å². The minimum absolute atomic E-state index is 0.283. The van der Waals surface area contributed by atoms with E-state index < -0.39 is 0 Å². The lowest BCUT2D eigenvalue weighted by atomic mass is 10.0. The Balaban J connectivity index is 1.84. The molecule has 0 heterocycles. The lowest BCUT2D eigenvalue weighted by Gasteiger charge is -2.21. The number of halogens is 2. The Hall–Kier alpha value is -1.38. The maximum Gasteiger partial charge on any atom is 0.118 e. The van der Waals surface area contributed by atoms with Gasteiger partial charge in [0.1, 0.15) is 5.75 Å². The van der Waals surface area contributed by atoms with E-state index >= 15 is 0 Å². The molecule has 0 aromatic heterocycles. The Bertz CT molecular complexity index is 603. The highest BCUT2D eigenvalue weighted by molar-refractivity contribution is 6.35. The Morgan fingerprint density at radius 1 is 1.05 bits per heavy atom. The number of hydrogen-bond donors (Lipinski definition) is 1. The van der Waals surface area contributed by atoms with Gasteiger partial charge in [0.25, 0.3) is 0 Å². The van der Waals surface area contributed by atoms with Crippen molar-refractivity contribution >= 4 is 28.9 Å². The minimum Gasteiger partial charge on any atom is -0.497 e. The zero-order valence-electron chi connectivity index (χ0n) is 11.8. The average Bonchev–Trinajstić information content (AvgIpc) is 3.28. The quantitative estimate of drug-likeness (QED) is 0.777. The number of hydrogen-bond acceptors (Lipinski definition) is 2. The van der Waals surface area contributed by atoms with E-state index in [4.69, 9.17) is 27.9 Å². The van der Waals surface area contributed by atoms with Crippen molar-refractivity contribution in [3.63, 3.8) is 0 Å². The van der Waals surface area contributed by atoms with Crippen LogP contribution in [0.1, 0.15) is 24.4 Å². The summed E-state index contributed by atoms with van der Waals surface area (Å²) in [5.74, 6) is 1.54. The summed E-state index contributed by atoms with van der Waals surface area (Å²) < 4.78 is 5.22. The third kappa shape index (κ3) is 3.63. The van der Waals surface area contributed by atoms with Gasteiger partial charge in [0, 0.05) is 15.7 Å². The molecule has 1 aliphatic carbocycles. The predicted molar refractivity (Wildman–Crippen MR) is 88.5 cm³/mol. The molecule has 21 heavy (non-hydrogen) atoms. The first-order valence-electron chi connectivity index (χ1n) is 7.02. The lowest BCUT2D eigenvalue weighted by Crippen LogP contribution is -2.12. The van der Waals surface area contributed by atoms with Crippen molar-refractivity contribution in [3.05, 3.63) is 58.1 Å². The molecule has 0 aliphatic heterocycles. The van der Waals surface area contributed by atoms with E-state index in [2.05, 4.69) is 17.4 Å². The summed E-state index contributed by atoms with van der Waals surface area (Å²) in [6.07, 6.45) is 2.50. The number of anilines is 1. The second-order valence-corrected chi connectivity index (χ2v) is 6.26. The van der Waals surface area contributed by atoms with Crippen LogP contribution in [0.5, 0.6) is 5.75 Å². The number of methoxy groups -OCH3 is 1. The maximum absolute atomic E-state index is 6.07. The second-order valence-electron chi connectivity index (χ2n) is 5.39. The van der Waals surface area contributed by atoms with E-state index in [0.717, 1.165) is 11.4 Å². The van der Waals surface area contributed by atoms with Gasteiger partial charge in [0.15, 0.2) is 0 Å². The molecule has 1 saturated carbocycles. The van der Waals surface area contributed by atoms with E-state index in [1.165, 1.54) is 18.4 Å². The Kier molecular flexibility index (Phi) is 4.27. The predicted octanol–water partition coefficient (Wildman–Crippen LogP) is 5.57. The molecule has 0 bridgehead atoms. The molecule has 2 nitrogen and oxygen atoms in total. The number of rotatable bonds is 5. The summed E-state index contributed by atoms with van der Waals surface area (Å²) in [5, 5.41) is 4.86. The normalized spacial score (nSPS) is 15.6. The Morgan fingerprint density at radius 2 is 1.67 bits per heavy atom. The Labute approximate surface area is 135 Å². The van der Waals surface area contributed by atoms with Crippen molar-refractivity contribution in [1.82, 2.24) is 0 Å². The van der Waals surface area contributed by atoms with Gasteiger partial charge in [-0.25, -0.2) is 0 Å². The van der Waals surface area contributed by atoms with E-state index in [0.29, 0.717) is 16.0 Å². The topological polar surface area (TPSA) is 21.3 Å². The van der Waals surface area contributed by atoms with Gasteiger partial charge in [-0.2, -0.15) is 0 Å². The molecule has 3 rings (SSSR count). The van der Waals surface area contributed by atoms with Gasteiger partial charge < -0.3 is 10.1 Å². The molecule has 1 atom stereocenters.